The lowest BCUT2D eigenvalue weighted by Crippen LogP contribution is -2.70. The second-order valence-electron chi connectivity index (χ2n) is 20.6. The lowest BCUT2D eigenvalue weighted by molar-refractivity contribution is -0.407. The number of fused-ring (bicyclic) bond motifs is 2. The molecule has 12 bridgehead atoms. The van der Waals surface area contributed by atoms with E-state index in [2.05, 4.69) is 0 Å². The van der Waals surface area contributed by atoms with Crippen LogP contribution in [0.4, 0.5) is 0 Å². The minimum Gasteiger partial charge on any atom is -0.382 e. The van der Waals surface area contributed by atoms with E-state index in [-0.39, 0.29) is 26.4 Å². The third kappa shape index (κ3) is 13.8. The highest BCUT2D eigenvalue weighted by atomic mass is 32.2. The highest BCUT2D eigenvalue weighted by Gasteiger charge is 2.61. The van der Waals surface area contributed by atoms with Crippen LogP contribution >= 0.6 is 11.8 Å². The van der Waals surface area contributed by atoms with Crippen molar-refractivity contribution >= 4 is 11.8 Å². The van der Waals surface area contributed by atoms with E-state index >= 15 is 0 Å². The molecule has 0 amide bonds. The molecule has 2 unspecified atom stereocenters. The van der Waals surface area contributed by atoms with Crippen molar-refractivity contribution in [2.24, 2.45) is 0 Å². The van der Waals surface area contributed by atoms with E-state index in [1.54, 1.807) is 82.9 Å². The van der Waals surface area contributed by atoms with E-state index in [1.807, 2.05) is 0 Å². The van der Waals surface area contributed by atoms with Gasteiger partial charge in [-0.05, 0) is 0 Å². The van der Waals surface area contributed by atoms with E-state index in [0.717, 1.165) is 0 Å². The predicted molar refractivity (Wildman–Crippen MR) is 276 cm³/mol. The quantitative estimate of drug-likeness (QED) is 0.144. The first-order chi connectivity index (χ1) is 39.5. The van der Waals surface area contributed by atoms with Crippen molar-refractivity contribution in [1.29, 1.82) is 0 Å². The Morgan fingerprint density at radius 3 is 0.617 bits per heavy atom. The van der Waals surface area contributed by atoms with Crippen LogP contribution in [0, 0.1) is 0 Å². The summed E-state index contributed by atoms with van der Waals surface area (Å²) in [5.74, 6) is 0.760. The van der Waals surface area contributed by atoms with Crippen LogP contribution < -0.4 is 0 Å². The summed E-state index contributed by atoms with van der Waals surface area (Å²) in [7, 11) is 24.7. The third-order valence-electron chi connectivity index (χ3n) is 16.4. The van der Waals surface area contributed by atoms with Gasteiger partial charge in [0.1, 0.15) is 134 Å². The monoisotopic (exact) mass is 1190 g/mol. The topological polar surface area (TPSA) is 258 Å². The van der Waals surface area contributed by atoms with E-state index in [4.69, 9.17) is 133 Å². The lowest BCUT2D eigenvalue weighted by atomic mass is 9.94. The van der Waals surface area contributed by atoms with Crippen LogP contribution in [0.5, 0.6) is 0 Å². The van der Waals surface area contributed by atoms with Crippen molar-refractivity contribution < 1.29 is 133 Å². The Labute approximate surface area is 479 Å². The van der Waals surface area contributed by atoms with Gasteiger partial charge in [-0.15, -0.1) is 0 Å². The van der Waals surface area contributed by atoms with E-state index in [0.29, 0.717) is 11.5 Å². The van der Waals surface area contributed by atoms with Crippen LogP contribution in [0.25, 0.3) is 0 Å². The molecule has 14 heterocycles. The molecule has 0 spiro atoms. The van der Waals surface area contributed by atoms with E-state index in [1.165, 1.54) is 42.7 Å². The molecule has 0 aromatic heterocycles. The van der Waals surface area contributed by atoms with Crippen molar-refractivity contribution in [3.8, 4) is 0 Å². The zero-order valence-electron chi connectivity index (χ0n) is 49.4. The molecule has 0 aliphatic carbocycles. The summed E-state index contributed by atoms with van der Waals surface area (Å²) in [6.45, 7) is 0.0704. The van der Waals surface area contributed by atoms with Crippen LogP contribution in [-0.4, -0.2) is 336 Å². The molecule has 81 heavy (non-hydrogen) atoms. The molecular weight excluding hydrogens is 1100 g/mol. The smallest absolute Gasteiger partial charge is 0.187 e. The van der Waals surface area contributed by atoms with Gasteiger partial charge in [0.15, 0.2) is 37.7 Å². The van der Waals surface area contributed by atoms with Gasteiger partial charge < -0.3 is 133 Å². The third-order valence-corrected chi connectivity index (χ3v) is 17.6. The van der Waals surface area contributed by atoms with E-state index < -0.39 is 184 Å². The number of rotatable bonds is 20. The Morgan fingerprint density at radius 1 is 0.235 bits per heavy atom. The van der Waals surface area contributed by atoms with Gasteiger partial charge in [-0.25, -0.2) is 0 Å². The Morgan fingerprint density at radius 2 is 0.420 bits per heavy atom. The van der Waals surface area contributed by atoms with Crippen molar-refractivity contribution in [2.45, 2.75) is 184 Å². The molecule has 0 N–H and O–H groups in total. The van der Waals surface area contributed by atoms with Crippen molar-refractivity contribution in [1.82, 2.24) is 0 Å². The molecule has 472 valence electrons. The Bertz CT molecular complexity index is 1820. The minimum atomic E-state index is -1.16. The fraction of sp³-hybridized carbons (Fsp3) is 1.00. The van der Waals surface area contributed by atoms with Crippen molar-refractivity contribution in [2.75, 3.05) is 152 Å². The van der Waals surface area contributed by atoms with Gasteiger partial charge in [-0.2, -0.15) is 11.8 Å². The van der Waals surface area contributed by atoms with Gasteiger partial charge in [0.2, 0.25) is 0 Å². The maximum absolute atomic E-state index is 7.05. The van der Waals surface area contributed by atoms with Gasteiger partial charge in [0.25, 0.3) is 0 Å². The summed E-state index contributed by atoms with van der Waals surface area (Å²) >= 11 is 1.55. The van der Waals surface area contributed by atoms with Crippen LogP contribution in [-0.2, 0) is 133 Å². The lowest BCUT2D eigenvalue weighted by Gasteiger charge is -2.53. The molecule has 0 saturated carbocycles. The Hall–Kier alpha value is -0.770. The molecule has 14 fully saturated rings. The van der Waals surface area contributed by atoms with Crippen LogP contribution in [0.2, 0.25) is 0 Å². The number of methoxy groups -OCH3 is 16. The number of hydrogen-bond donors (Lipinski definition) is 0. The fourth-order valence-electron chi connectivity index (χ4n) is 12.7. The summed E-state index contributed by atoms with van der Waals surface area (Å²) in [5, 5.41) is 0. The Balaban J connectivity index is 1.23. The number of hydrogen-bond acceptors (Lipinski definition) is 29. The molecule has 14 rings (SSSR count). The highest BCUT2D eigenvalue weighted by molar-refractivity contribution is 7.99. The molecule has 14 aliphatic heterocycles. The summed E-state index contributed by atoms with van der Waals surface area (Å²) in [6.07, 6.45) is -27.4. The second kappa shape index (κ2) is 31.4. The largest absolute Gasteiger partial charge is 0.382 e. The molecule has 14 saturated heterocycles. The summed E-state index contributed by atoms with van der Waals surface area (Å²) < 4.78 is 181. The molecule has 0 aromatic rings. The summed E-state index contributed by atoms with van der Waals surface area (Å²) in [5.41, 5.74) is 0. The zero-order valence-corrected chi connectivity index (χ0v) is 50.2. The van der Waals surface area contributed by atoms with Gasteiger partial charge in [-0.1, -0.05) is 0 Å². The average Bonchev–Trinajstić information content (AvgIpc) is 3.81. The standard InChI is InChI=1S/C52H90O28S/c1-53-17-23-29-35(57-5)42(64-12)48(70-23)77-31-25(19-55-3)72-50(44(66-14)37(31)59-7)79-33-27-21-81-22-28-34(80-52(74-27)46(68-16)39(33)61-9)40(62-10)45(67-15)51(73-28)78-32-26(20-56-4)71-49(43(65-13)38(32)60-8)76-30-24(18-54-2)69-47(75-29)41(63-11)36(30)58-6/h23-52H,17-22H2,1-16H3/t23-,24-,25-,26-,27+,28+,29+,30+,31+,32+,33-,34-,35+,36?,37-,38?,39-,40-,41-,42-,43-,44-,45-,46-,47-,48-,49-,50-,51+,52+/m1/s1. The average molecular weight is 1200 g/mol. The van der Waals surface area contributed by atoms with Crippen molar-refractivity contribution in [3.05, 3.63) is 0 Å². The molecule has 30 atom stereocenters. The fourth-order valence-corrected chi connectivity index (χ4v) is 13.8. The number of thioether (sulfide) groups is 1. The molecule has 28 nitrogen and oxygen atoms in total. The SMILES string of the molecule is COC[C@H]1O[C@@H]2O[C@H]3[C@@H](OC)[C@@H](OC)[C@@H]4O[C@H]5[C@@H](OC)[C@@H](OC)[C@@H](O[C@H]5CSC[C@@H]3O4)O[C@@H]3C(OC)[C@@H](OC)[C@@H](O[C@@H]4C(OC)[C@@H](OC)[C@@H](O[C@@H]5[C@H](OC)[C@@H](OC)[C@@H](O[C@@H]1[C@@H](OC)[C@H]2OC)O[C@@H]5COC)O[C@@H]4COC)O[C@@H]3COC. The number of ether oxygens (including phenoxy) is 28. The van der Waals surface area contributed by atoms with Crippen LogP contribution in [0.1, 0.15) is 0 Å². The summed E-state index contributed by atoms with van der Waals surface area (Å²) in [6, 6.07) is 0. The normalized spacial score (nSPS) is 48.0. The molecule has 0 aromatic carbocycles. The second-order valence-corrected chi connectivity index (χ2v) is 21.7. The first-order valence-corrected chi connectivity index (χ1v) is 28.4. The predicted octanol–water partition coefficient (Wildman–Crippen LogP) is -0.827. The Kier molecular flexibility index (Phi) is 25.7. The maximum atomic E-state index is 7.05. The summed E-state index contributed by atoms with van der Waals surface area (Å²) in [4.78, 5) is 0. The van der Waals surface area contributed by atoms with Crippen molar-refractivity contribution in [3.63, 3.8) is 0 Å². The van der Waals surface area contributed by atoms with Crippen LogP contribution in [0.15, 0.2) is 0 Å². The van der Waals surface area contributed by atoms with E-state index in [9.17, 15) is 0 Å². The maximum Gasteiger partial charge on any atom is 0.187 e. The van der Waals surface area contributed by atoms with Gasteiger partial charge in [-0.3, -0.25) is 0 Å². The molecular formula is C52H90O28S. The van der Waals surface area contributed by atoms with Gasteiger partial charge in [0, 0.05) is 125 Å². The van der Waals surface area contributed by atoms with Gasteiger partial charge in [0.05, 0.1) is 38.6 Å². The molecule has 29 heteroatoms. The van der Waals surface area contributed by atoms with Gasteiger partial charge >= 0.3 is 0 Å². The zero-order chi connectivity index (χ0) is 58.1. The first kappa shape index (κ1) is 66.2. The molecule has 14 aliphatic rings. The van der Waals surface area contributed by atoms with Crippen LogP contribution in [0.3, 0.4) is 0 Å². The molecule has 0 radical (unpaired) electrons. The minimum absolute atomic E-state index is 0.00969. The highest BCUT2D eigenvalue weighted by Crippen LogP contribution is 2.43. The first-order valence-electron chi connectivity index (χ1n) is 27.2.